The van der Waals surface area contributed by atoms with Gasteiger partial charge in [-0.3, -0.25) is 10.1 Å². The maximum absolute atomic E-state index is 11.0. The molecule has 1 heterocycles. The first kappa shape index (κ1) is 13.1. The zero-order chi connectivity index (χ0) is 13.1. The molecule has 0 aromatic heterocycles. The molecule has 1 saturated heterocycles. The van der Waals surface area contributed by atoms with Gasteiger partial charge in [0, 0.05) is 17.1 Å². The van der Waals surface area contributed by atoms with Crippen LogP contribution in [0.5, 0.6) is 0 Å². The number of anilines is 1. The minimum absolute atomic E-state index is 0.0430. The van der Waals surface area contributed by atoms with E-state index in [1.165, 1.54) is 6.07 Å². The number of rotatable bonds is 3. The molecular formula is C12H16ClN3O2. The fourth-order valence-electron chi connectivity index (χ4n) is 2.15. The average molecular weight is 270 g/mol. The number of hydrogen-bond donors (Lipinski definition) is 1. The number of halogens is 1. The van der Waals surface area contributed by atoms with E-state index in [-0.39, 0.29) is 5.69 Å². The molecule has 1 N–H and O–H groups in total. The molecule has 1 aromatic carbocycles. The van der Waals surface area contributed by atoms with Crippen LogP contribution in [0.1, 0.15) is 12.8 Å². The Morgan fingerprint density at radius 1 is 1.44 bits per heavy atom. The van der Waals surface area contributed by atoms with Crippen molar-refractivity contribution < 1.29 is 4.92 Å². The standard InChI is InChI=1S/C12H16ClN3O2/c1-15-6-4-10(5-7-15)14-11-3-2-9(13)8-12(11)16(17)18/h2-3,8,10,14H,4-7H2,1H3. The lowest BCUT2D eigenvalue weighted by molar-refractivity contribution is -0.384. The third-order valence-corrected chi connectivity index (χ3v) is 3.47. The summed E-state index contributed by atoms with van der Waals surface area (Å²) in [6.45, 7) is 2.03. The van der Waals surface area contributed by atoms with Crippen LogP contribution < -0.4 is 5.32 Å². The van der Waals surface area contributed by atoms with Gasteiger partial charge in [0.05, 0.1) is 4.92 Å². The summed E-state index contributed by atoms with van der Waals surface area (Å²) in [5.41, 5.74) is 0.598. The molecule has 1 aromatic rings. The molecular weight excluding hydrogens is 254 g/mol. The van der Waals surface area contributed by atoms with E-state index in [4.69, 9.17) is 11.6 Å². The molecule has 0 spiro atoms. The lowest BCUT2D eigenvalue weighted by Gasteiger charge is -2.30. The number of piperidine rings is 1. The van der Waals surface area contributed by atoms with Crippen LogP contribution in [0.3, 0.4) is 0 Å². The number of likely N-dealkylation sites (tertiary alicyclic amines) is 1. The van der Waals surface area contributed by atoms with Gasteiger partial charge >= 0.3 is 0 Å². The number of hydrogen-bond acceptors (Lipinski definition) is 4. The van der Waals surface area contributed by atoms with Crippen molar-refractivity contribution in [3.63, 3.8) is 0 Å². The molecule has 0 aliphatic carbocycles. The second-order valence-electron chi connectivity index (χ2n) is 4.64. The number of nitrogens with one attached hydrogen (secondary N) is 1. The Hall–Kier alpha value is -1.33. The molecule has 1 fully saturated rings. The summed E-state index contributed by atoms with van der Waals surface area (Å²) in [6, 6.07) is 5.03. The summed E-state index contributed by atoms with van der Waals surface area (Å²) in [5.74, 6) is 0. The summed E-state index contributed by atoms with van der Waals surface area (Å²) in [5, 5.41) is 14.6. The predicted molar refractivity (Wildman–Crippen MR) is 72.2 cm³/mol. The number of nitro benzene ring substituents is 1. The van der Waals surface area contributed by atoms with Crippen molar-refractivity contribution in [2.24, 2.45) is 0 Å². The van der Waals surface area contributed by atoms with Crippen LogP contribution in [0.2, 0.25) is 5.02 Å². The first-order valence-electron chi connectivity index (χ1n) is 5.95. The molecule has 1 aliphatic heterocycles. The third-order valence-electron chi connectivity index (χ3n) is 3.23. The Morgan fingerprint density at radius 3 is 2.72 bits per heavy atom. The fraction of sp³-hybridized carbons (Fsp3) is 0.500. The summed E-state index contributed by atoms with van der Waals surface area (Å²) >= 11 is 5.78. The number of benzene rings is 1. The van der Waals surface area contributed by atoms with Gasteiger partial charge in [-0.05, 0) is 45.1 Å². The monoisotopic (exact) mass is 269 g/mol. The molecule has 18 heavy (non-hydrogen) atoms. The topological polar surface area (TPSA) is 58.4 Å². The fourth-order valence-corrected chi connectivity index (χ4v) is 2.32. The average Bonchev–Trinajstić information content (AvgIpc) is 2.34. The van der Waals surface area contributed by atoms with Crippen LogP contribution in [-0.4, -0.2) is 36.0 Å². The van der Waals surface area contributed by atoms with Gasteiger partial charge in [-0.2, -0.15) is 0 Å². The van der Waals surface area contributed by atoms with Crippen LogP contribution in [0.15, 0.2) is 18.2 Å². The molecule has 6 heteroatoms. The van der Waals surface area contributed by atoms with E-state index in [1.54, 1.807) is 12.1 Å². The summed E-state index contributed by atoms with van der Waals surface area (Å²) in [4.78, 5) is 12.8. The smallest absolute Gasteiger partial charge is 0.293 e. The lowest BCUT2D eigenvalue weighted by atomic mass is 10.1. The van der Waals surface area contributed by atoms with Crippen LogP contribution in [0.25, 0.3) is 0 Å². The van der Waals surface area contributed by atoms with Gasteiger partial charge in [0.2, 0.25) is 0 Å². The van der Waals surface area contributed by atoms with Crippen LogP contribution in [-0.2, 0) is 0 Å². The van der Waals surface area contributed by atoms with Crippen molar-refractivity contribution in [2.75, 3.05) is 25.5 Å². The van der Waals surface area contributed by atoms with Gasteiger partial charge in [0.1, 0.15) is 5.69 Å². The quantitative estimate of drug-likeness (QED) is 0.677. The van der Waals surface area contributed by atoms with E-state index < -0.39 is 4.92 Å². The molecule has 5 nitrogen and oxygen atoms in total. The van der Waals surface area contributed by atoms with E-state index in [0.29, 0.717) is 16.8 Å². The molecule has 0 amide bonds. The first-order valence-corrected chi connectivity index (χ1v) is 6.33. The third kappa shape index (κ3) is 3.11. The van der Waals surface area contributed by atoms with E-state index >= 15 is 0 Å². The number of nitrogens with zero attached hydrogens (tertiary/aromatic N) is 2. The summed E-state index contributed by atoms with van der Waals surface area (Å²) in [6.07, 6.45) is 1.99. The Balaban J connectivity index is 2.11. The maximum Gasteiger partial charge on any atom is 0.293 e. The maximum atomic E-state index is 11.0. The largest absolute Gasteiger partial charge is 0.377 e. The highest BCUT2D eigenvalue weighted by Gasteiger charge is 2.20. The highest BCUT2D eigenvalue weighted by Crippen LogP contribution is 2.29. The minimum atomic E-state index is -0.400. The van der Waals surface area contributed by atoms with Gasteiger partial charge in [0.25, 0.3) is 5.69 Å². The van der Waals surface area contributed by atoms with Crippen molar-refractivity contribution in [3.8, 4) is 0 Å². The minimum Gasteiger partial charge on any atom is -0.377 e. The molecule has 98 valence electrons. The highest BCUT2D eigenvalue weighted by molar-refractivity contribution is 6.30. The predicted octanol–water partition coefficient (Wildman–Crippen LogP) is 2.75. The molecule has 2 rings (SSSR count). The second-order valence-corrected chi connectivity index (χ2v) is 5.08. The van der Waals surface area contributed by atoms with E-state index in [0.717, 1.165) is 25.9 Å². The molecule has 0 unspecified atom stereocenters. The van der Waals surface area contributed by atoms with Crippen LogP contribution >= 0.6 is 11.6 Å². The molecule has 0 atom stereocenters. The highest BCUT2D eigenvalue weighted by atomic mass is 35.5. The van der Waals surface area contributed by atoms with Crippen molar-refractivity contribution in [2.45, 2.75) is 18.9 Å². The van der Waals surface area contributed by atoms with E-state index in [9.17, 15) is 10.1 Å². The Bertz CT molecular complexity index is 445. The second kappa shape index (κ2) is 5.54. The van der Waals surface area contributed by atoms with Gasteiger partial charge in [0.15, 0.2) is 0 Å². The van der Waals surface area contributed by atoms with Crippen molar-refractivity contribution >= 4 is 23.0 Å². The van der Waals surface area contributed by atoms with E-state index in [1.807, 2.05) is 0 Å². The summed E-state index contributed by atoms with van der Waals surface area (Å²) < 4.78 is 0. The van der Waals surface area contributed by atoms with Crippen molar-refractivity contribution in [1.82, 2.24) is 4.90 Å². The van der Waals surface area contributed by atoms with E-state index in [2.05, 4.69) is 17.3 Å². The van der Waals surface area contributed by atoms with Crippen molar-refractivity contribution in [1.29, 1.82) is 0 Å². The Labute approximate surface area is 111 Å². The van der Waals surface area contributed by atoms with Crippen LogP contribution in [0, 0.1) is 10.1 Å². The Morgan fingerprint density at radius 2 is 2.11 bits per heavy atom. The molecule has 0 saturated carbocycles. The van der Waals surface area contributed by atoms with Gasteiger partial charge in [-0.25, -0.2) is 0 Å². The number of nitro groups is 1. The normalized spacial score (nSPS) is 17.7. The molecule has 0 radical (unpaired) electrons. The summed E-state index contributed by atoms with van der Waals surface area (Å²) in [7, 11) is 2.08. The Kier molecular flexibility index (Phi) is 4.04. The molecule has 1 aliphatic rings. The van der Waals surface area contributed by atoms with Gasteiger partial charge < -0.3 is 10.2 Å². The van der Waals surface area contributed by atoms with Crippen LogP contribution in [0.4, 0.5) is 11.4 Å². The zero-order valence-corrected chi connectivity index (χ0v) is 11.0. The van der Waals surface area contributed by atoms with Crippen molar-refractivity contribution in [3.05, 3.63) is 33.3 Å². The zero-order valence-electron chi connectivity index (χ0n) is 10.2. The van der Waals surface area contributed by atoms with Gasteiger partial charge in [-0.15, -0.1) is 0 Å². The molecule has 0 bridgehead atoms. The van der Waals surface area contributed by atoms with Gasteiger partial charge in [-0.1, -0.05) is 11.6 Å². The lowest BCUT2D eigenvalue weighted by Crippen LogP contribution is -2.36. The first-order chi connectivity index (χ1) is 8.56. The SMILES string of the molecule is CN1CCC(Nc2ccc(Cl)cc2[N+](=O)[O-])CC1.